The number of hydrogen-bond acceptors (Lipinski definition) is 3. The fraction of sp³-hybridized carbons (Fsp3) is 0.100. The second kappa shape index (κ2) is 7.58. The number of halogens is 3. The van der Waals surface area contributed by atoms with E-state index in [0.717, 1.165) is 11.8 Å². The number of rotatable bonds is 3. The summed E-state index contributed by atoms with van der Waals surface area (Å²) >= 11 is 18.4. The lowest BCUT2D eigenvalue weighted by Crippen LogP contribution is -2.24. The fourth-order valence-corrected chi connectivity index (χ4v) is 2.19. The molecule has 0 aromatic heterocycles. The summed E-state index contributed by atoms with van der Waals surface area (Å²) in [6.07, 6.45) is 0. The van der Waals surface area contributed by atoms with Crippen LogP contribution in [0.1, 0.15) is 0 Å². The van der Waals surface area contributed by atoms with Crippen molar-refractivity contribution in [1.82, 2.24) is 0 Å². The maximum atomic E-state index is 11.7. The number of carbonyl (C=O) groups excluding carboxylic acids is 1. The Morgan fingerprint density at radius 3 is 2.45 bits per heavy atom. The Hall–Kier alpha value is -1.15. The molecule has 0 atom stereocenters. The number of amides is 1. The Morgan fingerprint density at radius 1 is 1.25 bits per heavy atom. The van der Waals surface area contributed by atoms with Crippen molar-refractivity contribution in [3.63, 3.8) is 0 Å². The van der Waals surface area contributed by atoms with Gasteiger partial charge in [-0.15, -0.1) is 0 Å². The number of hydrogen-bond donors (Lipinski definition) is 4. The zero-order valence-corrected chi connectivity index (χ0v) is 13.0. The summed E-state index contributed by atoms with van der Waals surface area (Å²) in [6, 6.07) is 2.87. The highest BCUT2D eigenvalue weighted by atomic mass is 35.5. The molecule has 1 aromatic carbocycles. The van der Waals surface area contributed by atoms with Gasteiger partial charge in [0.05, 0.1) is 26.5 Å². The first kappa shape index (κ1) is 16.9. The molecule has 1 aromatic rings. The van der Waals surface area contributed by atoms with Crippen molar-refractivity contribution in [2.45, 2.75) is 0 Å². The third kappa shape index (κ3) is 5.46. The highest BCUT2D eigenvalue weighted by molar-refractivity contribution is 8.14. The minimum atomic E-state index is -0.383. The van der Waals surface area contributed by atoms with Crippen LogP contribution in [0.5, 0.6) is 0 Å². The van der Waals surface area contributed by atoms with E-state index in [1.807, 2.05) is 0 Å². The molecule has 0 unspecified atom stereocenters. The quantitative estimate of drug-likeness (QED) is 0.379. The molecular formula is C10H10Cl3N5OS. The Morgan fingerprint density at radius 2 is 1.85 bits per heavy atom. The van der Waals surface area contributed by atoms with Crippen LogP contribution in [0.15, 0.2) is 17.1 Å². The van der Waals surface area contributed by atoms with E-state index < -0.39 is 0 Å². The lowest BCUT2D eigenvalue weighted by molar-refractivity contribution is -0.113. The first-order valence-corrected chi connectivity index (χ1v) is 7.17. The highest BCUT2D eigenvalue weighted by Crippen LogP contribution is 2.32. The summed E-state index contributed by atoms with van der Waals surface area (Å²) in [5, 5.41) is 10.6. The molecule has 0 aliphatic heterocycles. The van der Waals surface area contributed by atoms with Crippen LogP contribution < -0.4 is 16.8 Å². The van der Waals surface area contributed by atoms with Crippen LogP contribution in [-0.4, -0.2) is 22.8 Å². The molecule has 0 fully saturated rings. The highest BCUT2D eigenvalue weighted by Gasteiger charge is 2.10. The first-order chi connectivity index (χ1) is 9.29. The van der Waals surface area contributed by atoms with Gasteiger partial charge in [0.2, 0.25) is 5.91 Å². The monoisotopic (exact) mass is 353 g/mol. The van der Waals surface area contributed by atoms with Gasteiger partial charge in [0, 0.05) is 0 Å². The Bertz CT molecular complexity index is 574. The third-order valence-corrected chi connectivity index (χ3v) is 3.66. The number of thioether (sulfide) groups is 1. The molecule has 0 heterocycles. The van der Waals surface area contributed by atoms with E-state index in [2.05, 4.69) is 10.3 Å². The number of amidine groups is 1. The van der Waals surface area contributed by atoms with Crippen molar-refractivity contribution in [2.24, 2.45) is 16.5 Å². The summed E-state index contributed by atoms with van der Waals surface area (Å²) in [5.41, 5.74) is 10.5. The molecule has 0 aliphatic rings. The van der Waals surface area contributed by atoms with E-state index in [4.69, 9.17) is 51.7 Å². The zero-order valence-electron chi connectivity index (χ0n) is 9.91. The Kier molecular flexibility index (Phi) is 6.41. The van der Waals surface area contributed by atoms with Gasteiger partial charge in [-0.2, -0.15) is 4.99 Å². The van der Waals surface area contributed by atoms with Crippen molar-refractivity contribution < 1.29 is 4.79 Å². The van der Waals surface area contributed by atoms with Crippen molar-refractivity contribution in [2.75, 3.05) is 11.1 Å². The predicted molar refractivity (Wildman–Crippen MR) is 86.1 cm³/mol. The number of benzene rings is 1. The van der Waals surface area contributed by atoms with Gasteiger partial charge in [0.1, 0.15) is 0 Å². The average molecular weight is 355 g/mol. The predicted octanol–water partition coefficient (Wildman–Crippen LogP) is 2.53. The second-order valence-corrected chi connectivity index (χ2v) is 5.61. The van der Waals surface area contributed by atoms with E-state index in [1.165, 1.54) is 12.1 Å². The summed E-state index contributed by atoms with van der Waals surface area (Å²) < 4.78 is 0. The minimum absolute atomic E-state index is 0.0494. The number of guanidine groups is 1. The second-order valence-electron chi connectivity index (χ2n) is 3.42. The Balaban J connectivity index is 2.61. The van der Waals surface area contributed by atoms with Gasteiger partial charge in [-0.3, -0.25) is 10.2 Å². The molecule has 20 heavy (non-hydrogen) atoms. The van der Waals surface area contributed by atoms with Gasteiger partial charge in [0.25, 0.3) is 0 Å². The number of aliphatic imine (C=N–C) groups is 1. The molecular weight excluding hydrogens is 345 g/mol. The SMILES string of the molecule is N=C(N=C(N)N)SCC(=O)Nc1cc(Cl)c(Cl)cc1Cl. The molecule has 0 spiro atoms. The van der Waals surface area contributed by atoms with Gasteiger partial charge in [-0.25, -0.2) is 0 Å². The van der Waals surface area contributed by atoms with Crippen molar-refractivity contribution in [1.29, 1.82) is 5.41 Å². The van der Waals surface area contributed by atoms with Crippen LogP contribution in [0.4, 0.5) is 5.69 Å². The van der Waals surface area contributed by atoms with E-state index in [1.54, 1.807) is 0 Å². The van der Waals surface area contributed by atoms with E-state index in [-0.39, 0.29) is 32.8 Å². The van der Waals surface area contributed by atoms with Gasteiger partial charge >= 0.3 is 0 Å². The van der Waals surface area contributed by atoms with Gasteiger partial charge in [0.15, 0.2) is 11.1 Å². The topological polar surface area (TPSA) is 117 Å². The van der Waals surface area contributed by atoms with Crippen LogP contribution in [0.25, 0.3) is 0 Å². The molecule has 6 N–H and O–H groups in total. The molecule has 1 rings (SSSR count). The van der Waals surface area contributed by atoms with E-state index in [0.29, 0.717) is 10.7 Å². The number of nitrogens with one attached hydrogen (secondary N) is 2. The molecule has 1 amide bonds. The smallest absolute Gasteiger partial charge is 0.234 e. The van der Waals surface area contributed by atoms with E-state index in [9.17, 15) is 4.79 Å². The lowest BCUT2D eigenvalue weighted by atomic mass is 10.3. The maximum Gasteiger partial charge on any atom is 0.234 e. The van der Waals surface area contributed by atoms with Gasteiger partial charge in [-0.05, 0) is 12.1 Å². The molecule has 0 aliphatic carbocycles. The normalized spacial score (nSPS) is 9.95. The largest absolute Gasteiger partial charge is 0.370 e. The molecule has 10 heteroatoms. The van der Waals surface area contributed by atoms with Gasteiger partial charge in [-0.1, -0.05) is 46.6 Å². The van der Waals surface area contributed by atoms with Crippen LogP contribution >= 0.6 is 46.6 Å². The maximum absolute atomic E-state index is 11.7. The summed E-state index contributed by atoms with van der Waals surface area (Å²) in [7, 11) is 0. The Labute approximate surface area is 134 Å². The van der Waals surface area contributed by atoms with Crippen molar-refractivity contribution >= 4 is 69.3 Å². The minimum Gasteiger partial charge on any atom is -0.370 e. The summed E-state index contributed by atoms with van der Waals surface area (Å²) in [4.78, 5) is 15.2. The molecule has 0 saturated heterocycles. The van der Waals surface area contributed by atoms with Crippen molar-refractivity contribution in [3.05, 3.63) is 27.2 Å². The number of anilines is 1. The molecule has 0 radical (unpaired) electrons. The molecule has 6 nitrogen and oxygen atoms in total. The number of nitrogens with two attached hydrogens (primary N) is 2. The zero-order chi connectivity index (χ0) is 15.3. The lowest BCUT2D eigenvalue weighted by Gasteiger charge is -2.08. The molecule has 0 bridgehead atoms. The van der Waals surface area contributed by atoms with Crippen LogP contribution in [0.3, 0.4) is 0 Å². The van der Waals surface area contributed by atoms with Crippen LogP contribution in [0, 0.1) is 5.41 Å². The fourth-order valence-electron chi connectivity index (χ4n) is 1.09. The number of nitrogens with zero attached hydrogens (tertiary/aromatic N) is 1. The van der Waals surface area contributed by atoms with E-state index >= 15 is 0 Å². The third-order valence-electron chi connectivity index (χ3n) is 1.85. The van der Waals surface area contributed by atoms with Gasteiger partial charge < -0.3 is 16.8 Å². The van der Waals surface area contributed by atoms with Crippen molar-refractivity contribution in [3.8, 4) is 0 Å². The summed E-state index contributed by atoms with van der Waals surface area (Å²) in [5.74, 6) is -0.673. The molecule has 0 saturated carbocycles. The van der Waals surface area contributed by atoms with Crippen LogP contribution in [0.2, 0.25) is 15.1 Å². The average Bonchev–Trinajstić information content (AvgIpc) is 2.32. The molecule has 108 valence electrons. The standard InChI is InChI=1S/C10H10Cl3N5OS/c11-4-1-6(13)7(2-5(4)12)17-8(19)3-20-10(16)18-9(14)15/h1-2H,3H2,(H,17,19)(H5,14,15,16,18). The summed E-state index contributed by atoms with van der Waals surface area (Å²) in [6.45, 7) is 0. The number of carbonyl (C=O) groups is 1. The van der Waals surface area contributed by atoms with Crippen LogP contribution in [-0.2, 0) is 4.79 Å². The first-order valence-electron chi connectivity index (χ1n) is 5.05.